The first-order chi connectivity index (χ1) is 45.5. The third-order valence-electron chi connectivity index (χ3n) is 17.7. The van der Waals surface area contributed by atoms with Crippen LogP contribution in [0.1, 0.15) is 133 Å². The molecule has 3 aromatic carbocycles. The van der Waals surface area contributed by atoms with E-state index in [9.17, 15) is 69.1 Å². The third kappa shape index (κ3) is 16.1. The fourth-order valence-electron chi connectivity index (χ4n) is 12.0. The lowest BCUT2D eigenvalue weighted by Crippen LogP contribution is -2.65. The number of methoxy groups -OCH3 is 4. The van der Waals surface area contributed by atoms with Gasteiger partial charge < -0.3 is 94.3 Å². The van der Waals surface area contributed by atoms with Crippen LogP contribution in [0, 0.1) is 17.3 Å². The van der Waals surface area contributed by atoms with Crippen LogP contribution in [0.5, 0.6) is 34.5 Å². The van der Waals surface area contributed by atoms with Crippen molar-refractivity contribution in [2.75, 3.05) is 39.9 Å². The van der Waals surface area contributed by atoms with E-state index in [1.165, 1.54) is 91.5 Å². The molecule has 7 atom stereocenters. The number of fused-ring (bicyclic) bond motifs is 2. The van der Waals surface area contributed by atoms with E-state index in [4.69, 9.17) is 70.3 Å². The summed E-state index contributed by atoms with van der Waals surface area (Å²) >= 11 is 8.85. The Hall–Kier alpha value is -8.73. The van der Waals surface area contributed by atoms with Crippen LogP contribution in [0.3, 0.4) is 0 Å². The molecule has 11 rings (SSSR count). The second-order valence-corrected chi connectivity index (χ2v) is 27.5. The lowest BCUT2D eigenvalue weighted by molar-refractivity contribution is -0.199. The van der Waals surface area contributed by atoms with Gasteiger partial charge in [0.1, 0.15) is 62.6 Å². The van der Waals surface area contributed by atoms with Crippen LogP contribution in [0.25, 0.3) is 0 Å². The minimum absolute atomic E-state index is 0.00259. The highest BCUT2D eigenvalue weighted by atomic mass is 35.5. The van der Waals surface area contributed by atoms with Gasteiger partial charge in [0.15, 0.2) is 33.3 Å². The maximum atomic E-state index is 13.1. The van der Waals surface area contributed by atoms with Gasteiger partial charge in [0, 0.05) is 35.2 Å². The fraction of sp³-hybridized carbons (Fsp3) is 0.459. The number of Topliss-reactive ketones (excluding diaryl/α,β-unsaturated/α-hetero) is 2. The highest BCUT2D eigenvalue weighted by Gasteiger charge is 2.68. The minimum Gasteiger partial charge on any atom is -0.535 e. The summed E-state index contributed by atoms with van der Waals surface area (Å²) < 4.78 is 44.6. The average molecular weight is 1410 g/mol. The molecule has 3 saturated carbocycles. The molecule has 3 aliphatic heterocycles. The van der Waals surface area contributed by atoms with E-state index in [0.29, 0.717) is 40.7 Å². The zero-order valence-electron chi connectivity index (χ0n) is 54.5. The number of carboxylic acid groups (broad SMARTS) is 5. The van der Waals surface area contributed by atoms with E-state index >= 15 is 0 Å². The summed E-state index contributed by atoms with van der Waals surface area (Å²) in [6.45, 7) is 11.8. The fourth-order valence-corrected chi connectivity index (χ4v) is 13.4. The SMILES string of the molecule is COc1cc(C[C@@H](Cl)B2OC3CC4C[C@@H](C4(C)C)[C@]3(C)O2)c(OC)c(C(=O)O)c1.COc1cc2c(c(C(=O)O)c1)OB(O)[C@@H](CC(=O)/C(=N\OC(C)(C)C(=O)O)c1csc(N)n1)C2.COc1cc2c(c(C(=O)O)c1)OB(O)[C@@H](CC(=O)/C(=N\OC(C)(C)C(=O)O)c1csc(N)n1)C2. The molecule has 97 heavy (non-hydrogen) atoms. The normalized spacial score (nSPS) is 20.9. The first-order valence-corrected chi connectivity index (χ1v) is 32.2. The Kier molecular flexibility index (Phi) is 22.6. The number of carbonyl (C=O) groups is 7. The van der Waals surface area contributed by atoms with Crippen LogP contribution >= 0.6 is 34.3 Å². The molecular weight excluding hydrogens is 1330 g/mol. The van der Waals surface area contributed by atoms with E-state index in [1.54, 1.807) is 18.2 Å². The van der Waals surface area contributed by atoms with E-state index in [0.717, 1.165) is 29.1 Å². The third-order valence-corrected chi connectivity index (χ3v) is 19.4. The van der Waals surface area contributed by atoms with Gasteiger partial charge in [-0.25, -0.2) is 33.9 Å². The van der Waals surface area contributed by atoms with Crippen molar-refractivity contribution in [1.29, 1.82) is 0 Å². The molecular formula is C61H72B3ClN6O24S2. The maximum absolute atomic E-state index is 13.1. The number of nitrogen functional groups attached to an aromatic ring is 2. The molecule has 5 heterocycles. The van der Waals surface area contributed by atoms with Crippen molar-refractivity contribution in [1.82, 2.24) is 9.97 Å². The van der Waals surface area contributed by atoms with Crippen molar-refractivity contribution in [2.24, 2.45) is 27.6 Å². The minimum atomic E-state index is -1.72. The van der Waals surface area contributed by atoms with Gasteiger partial charge in [-0.2, -0.15) is 0 Å². The summed E-state index contributed by atoms with van der Waals surface area (Å²) in [4.78, 5) is 102. The number of hydrogen-bond acceptors (Lipinski definition) is 27. The number of aliphatic carboxylic acids is 2. The van der Waals surface area contributed by atoms with Crippen LogP contribution in [-0.2, 0) is 57.4 Å². The number of nitrogens with two attached hydrogens (primary N) is 2. The summed E-state index contributed by atoms with van der Waals surface area (Å²) in [5.74, 6) is -6.54. The number of ketones is 2. The summed E-state index contributed by atoms with van der Waals surface area (Å²) in [5, 5.41) is 78.2. The molecule has 0 radical (unpaired) electrons. The lowest BCUT2D eigenvalue weighted by atomic mass is 9.43. The van der Waals surface area contributed by atoms with Gasteiger partial charge in [-0.3, -0.25) is 9.59 Å². The Morgan fingerprint density at radius 3 is 1.45 bits per heavy atom. The zero-order chi connectivity index (χ0) is 71.6. The second kappa shape index (κ2) is 29.5. The number of aromatic carboxylic acids is 3. The average Bonchev–Trinajstić information content (AvgIpc) is 1.67. The Morgan fingerprint density at radius 1 is 0.660 bits per heavy atom. The summed E-state index contributed by atoms with van der Waals surface area (Å²) in [5.41, 5.74) is 8.69. The summed E-state index contributed by atoms with van der Waals surface area (Å²) in [6.07, 6.45) is 2.20. The molecule has 5 aromatic rings. The summed E-state index contributed by atoms with van der Waals surface area (Å²) in [6, 6.07) is 8.89. The molecule has 1 saturated heterocycles. The number of carboxylic acids is 5. The van der Waals surface area contributed by atoms with Crippen molar-refractivity contribution in [2.45, 2.75) is 133 Å². The molecule has 2 unspecified atom stereocenters. The van der Waals surface area contributed by atoms with Crippen LogP contribution in [-0.4, -0.2) is 176 Å². The Bertz CT molecular complexity index is 3760. The topological polar surface area (TPSA) is 456 Å². The number of aromatic nitrogens is 2. The molecule has 2 bridgehead atoms. The number of ether oxygens (including phenoxy) is 4. The van der Waals surface area contributed by atoms with Gasteiger partial charge in [0.05, 0.1) is 45.4 Å². The van der Waals surface area contributed by atoms with Gasteiger partial charge in [0.25, 0.3) is 0 Å². The molecule has 2 aromatic heterocycles. The van der Waals surface area contributed by atoms with E-state index in [-0.39, 0.29) is 121 Å². The second-order valence-electron chi connectivity index (χ2n) is 25.2. The number of carbonyl (C=O) groups excluding carboxylic acids is 2. The first kappa shape index (κ1) is 74.1. The van der Waals surface area contributed by atoms with Gasteiger partial charge in [-0.05, 0) is 137 Å². The zero-order valence-corrected chi connectivity index (χ0v) is 56.9. The van der Waals surface area contributed by atoms with Crippen molar-refractivity contribution in [3.63, 3.8) is 0 Å². The van der Waals surface area contributed by atoms with E-state index in [2.05, 4.69) is 41.1 Å². The first-order valence-electron chi connectivity index (χ1n) is 30.0. The van der Waals surface area contributed by atoms with Crippen LogP contribution < -0.4 is 39.7 Å². The van der Waals surface area contributed by atoms with Crippen LogP contribution in [0.2, 0.25) is 11.6 Å². The molecule has 3 aliphatic carbocycles. The number of benzene rings is 3. The number of nitrogens with zero attached hydrogens (tertiary/aromatic N) is 4. The highest BCUT2D eigenvalue weighted by Crippen LogP contribution is 2.66. The van der Waals surface area contributed by atoms with Crippen molar-refractivity contribution < 1.29 is 116 Å². The number of rotatable bonds is 24. The number of halogens is 1. The van der Waals surface area contributed by atoms with E-state index < -0.39 is 90.9 Å². The number of alkyl halides is 1. The maximum Gasteiger partial charge on any atom is 0.526 e. The van der Waals surface area contributed by atoms with Crippen molar-refractivity contribution >= 4 is 119 Å². The quantitative estimate of drug-likeness (QED) is 0.0134. The predicted molar refractivity (Wildman–Crippen MR) is 353 cm³/mol. The molecule has 36 heteroatoms. The molecule has 518 valence electrons. The Balaban J connectivity index is 0.000000186. The molecule has 30 nitrogen and oxygen atoms in total. The largest absolute Gasteiger partial charge is 0.535 e. The lowest BCUT2D eigenvalue weighted by Gasteiger charge is -2.64. The smallest absolute Gasteiger partial charge is 0.526 e. The molecule has 0 spiro atoms. The standard InChI is InChI=1S/C21H28BClO6.2C20H22BN3O9S/c1-20(2)12-8-15(20)21(3)16(9-12)28-22(29-21)17(23)7-11-6-13(26-4)10-14(19(24)25)18(11)27-5;2*1-20(2,18(28)29)33-24-15(13-8-34-19(22)23-13)14(25)6-10-4-9-5-11(31-3)7-12(17(26)27)16(9)32-21(10)30/h6,10,12,15-17H,7-9H2,1-5H3,(H,24,25);2*5,7-8,10,30H,4,6H2,1-3H3,(H2,22,23)(H,26,27)(H,28,29)/b;2*24-15-/t12?,15-,16?,17+,21-;2*10-/m011/s1. The number of oxime groups is 2. The molecule has 11 N–H and O–H groups in total. The van der Waals surface area contributed by atoms with Crippen molar-refractivity contribution in [3.8, 4) is 34.5 Å². The van der Waals surface area contributed by atoms with Gasteiger partial charge >= 0.3 is 51.2 Å². The van der Waals surface area contributed by atoms with Crippen LogP contribution in [0.15, 0.2) is 57.5 Å². The van der Waals surface area contributed by atoms with Gasteiger partial charge in [-0.15, -0.1) is 34.3 Å². The highest BCUT2D eigenvalue weighted by molar-refractivity contribution is 7.14. The number of hydrogen-bond donors (Lipinski definition) is 9. The summed E-state index contributed by atoms with van der Waals surface area (Å²) in [7, 11) is 2.20. The Labute approximate surface area is 569 Å². The number of anilines is 2. The van der Waals surface area contributed by atoms with Gasteiger partial charge in [-0.1, -0.05) is 24.2 Å². The van der Waals surface area contributed by atoms with Crippen molar-refractivity contribution in [3.05, 3.63) is 91.9 Å². The number of thiazole rings is 2. The molecule has 4 fully saturated rings. The Morgan fingerprint density at radius 2 is 1.08 bits per heavy atom. The van der Waals surface area contributed by atoms with Gasteiger partial charge in [0.2, 0.25) is 11.2 Å². The molecule has 0 amide bonds. The predicted octanol–water partition coefficient (Wildman–Crippen LogP) is 6.74. The van der Waals surface area contributed by atoms with E-state index in [1.807, 2.05) is 0 Å². The molecule has 6 aliphatic rings. The monoisotopic (exact) mass is 1400 g/mol. The van der Waals surface area contributed by atoms with Crippen LogP contribution in [0.4, 0.5) is 10.3 Å².